The summed E-state index contributed by atoms with van der Waals surface area (Å²) in [5.41, 5.74) is 0.0184. The Labute approximate surface area is 127 Å². The average molecular weight is 341 g/mol. The number of nitrogens with one attached hydrogen (secondary N) is 2. The smallest absolute Gasteiger partial charge is 0.232 e. The average Bonchev–Trinajstić information content (AvgIpc) is 3.13. The number of anilines is 1. The first-order chi connectivity index (χ1) is 9.37. The third-order valence-electron chi connectivity index (χ3n) is 2.86. The molecule has 1 saturated carbocycles. The lowest BCUT2D eigenvalue weighted by Gasteiger charge is -2.11. The second-order valence-electron chi connectivity index (χ2n) is 4.75. The minimum Gasteiger partial charge on any atom is -0.314 e. The maximum absolute atomic E-state index is 13.0. The van der Waals surface area contributed by atoms with Crippen LogP contribution < -0.4 is 10.0 Å². The van der Waals surface area contributed by atoms with Gasteiger partial charge in [0.15, 0.2) is 0 Å². The van der Waals surface area contributed by atoms with Gasteiger partial charge < -0.3 is 5.32 Å². The molecule has 20 heavy (non-hydrogen) atoms. The van der Waals surface area contributed by atoms with E-state index < -0.39 is 15.8 Å². The Morgan fingerprint density at radius 3 is 2.40 bits per heavy atom. The van der Waals surface area contributed by atoms with Crippen LogP contribution in [-0.2, 0) is 10.0 Å². The van der Waals surface area contributed by atoms with E-state index in [-0.39, 0.29) is 21.5 Å². The Hall–Kier alpha value is -0.560. The fourth-order valence-electron chi connectivity index (χ4n) is 1.70. The predicted octanol–water partition coefficient (Wildman–Crippen LogP) is 3.02. The number of halogens is 3. The van der Waals surface area contributed by atoms with E-state index in [9.17, 15) is 12.8 Å². The number of benzene rings is 1. The first kappa shape index (κ1) is 15.8. The molecule has 0 amide bonds. The highest BCUT2D eigenvalue weighted by Gasteiger charge is 2.20. The van der Waals surface area contributed by atoms with Gasteiger partial charge in [-0.3, -0.25) is 4.72 Å². The van der Waals surface area contributed by atoms with Crippen molar-refractivity contribution in [3.05, 3.63) is 28.0 Å². The molecule has 1 aliphatic carbocycles. The van der Waals surface area contributed by atoms with Crippen molar-refractivity contribution >= 4 is 38.9 Å². The largest absolute Gasteiger partial charge is 0.314 e. The van der Waals surface area contributed by atoms with Gasteiger partial charge in [-0.1, -0.05) is 23.2 Å². The molecule has 1 aromatic carbocycles. The zero-order valence-corrected chi connectivity index (χ0v) is 13.0. The van der Waals surface area contributed by atoms with E-state index in [4.69, 9.17) is 23.2 Å². The van der Waals surface area contributed by atoms with Crippen LogP contribution in [0.2, 0.25) is 10.0 Å². The van der Waals surface area contributed by atoms with Gasteiger partial charge in [0.2, 0.25) is 10.0 Å². The summed E-state index contributed by atoms with van der Waals surface area (Å²) >= 11 is 11.6. The van der Waals surface area contributed by atoms with Crippen molar-refractivity contribution < 1.29 is 12.8 Å². The SMILES string of the molecule is O=S(=O)(CCCNC1CC1)Nc1c(Cl)cc(F)cc1Cl. The second kappa shape index (κ2) is 6.47. The van der Waals surface area contributed by atoms with Crippen molar-refractivity contribution in [3.8, 4) is 0 Å². The van der Waals surface area contributed by atoms with Crippen LogP contribution in [0.3, 0.4) is 0 Å². The van der Waals surface area contributed by atoms with E-state index in [0.717, 1.165) is 25.0 Å². The van der Waals surface area contributed by atoms with E-state index in [1.165, 1.54) is 0 Å². The number of rotatable bonds is 7. The van der Waals surface area contributed by atoms with Crippen LogP contribution in [0, 0.1) is 5.82 Å². The normalized spacial score (nSPS) is 15.3. The summed E-state index contributed by atoms with van der Waals surface area (Å²) in [7, 11) is -3.55. The van der Waals surface area contributed by atoms with E-state index in [1.54, 1.807) is 0 Å². The van der Waals surface area contributed by atoms with Crippen LogP contribution in [-0.4, -0.2) is 26.8 Å². The highest BCUT2D eigenvalue weighted by molar-refractivity contribution is 7.92. The topological polar surface area (TPSA) is 58.2 Å². The molecular weight excluding hydrogens is 326 g/mol. The van der Waals surface area contributed by atoms with Gasteiger partial charge in [-0.05, 0) is 37.9 Å². The molecule has 1 fully saturated rings. The van der Waals surface area contributed by atoms with Crippen LogP contribution >= 0.6 is 23.2 Å². The van der Waals surface area contributed by atoms with Crippen LogP contribution in [0.4, 0.5) is 10.1 Å². The van der Waals surface area contributed by atoms with Crippen molar-refractivity contribution in [2.75, 3.05) is 17.0 Å². The Balaban J connectivity index is 1.93. The third-order valence-corrected chi connectivity index (χ3v) is 4.80. The molecule has 0 bridgehead atoms. The molecule has 0 unspecified atom stereocenters. The van der Waals surface area contributed by atoms with Gasteiger partial charge in [0, 0.05) is 6.04 Å². The molecule has 0 aliphatic heterocycles. The first-order valence-electron chi connectivity index (χ1n) is 6.26. The van der Waals surface area contributed by atoms with Crippen LogP contribution in [0.25, 0.3) is 0 Å². The van der Waals surface area contributed by atoms with Crippen molar-refractivity contribution in [1.82, 2.24) is 5.32 Å². The zero-order valence-electron chi connectivity index (χ0n) is 10.6. The molecule has 0 atom stereocenters. The van der Waals surface area contributed by atoms with Crippen LogP contribution in [0.1, 0.15) is 19.3 Å². The Morgan fingerprint density at radius 2 is 1.85 bits per heavy atom. The summed E-state index contributed by atoms with van der Waals surface area (Å²) in [5, 5.41) is 3.11. The molecule has 1 aliphatic rings. The van der Waals surface area contributed by atoms with E-state index in [2.05, 4.69) is 10.0 Å². The molecule has 0 saturated heterocycles. The molecule has 1 aromatic rings. The molecule has 0 spiro atoms. The Kier molecular flexibility index (Phi) is 5.12. The minimum absolute atomic E-state index is 0.0184. The van der Waals surface area contributed by atoms with Gasteiger partial charge in [0.25, 0.3) is 0 Å². The van der Waals surface area contributed by atoms with Crippen molar-refractivity contribution in [2.45, 2.75) is 25.3 Å². The van der Waals surface area contributed by atoms with Crippen molar-refractivity contribution in [1.29, 1.82) is 0 Å². The standard InChI is InChI=1S/C12H15Cl2FN2O2S/c13-10-6-8(15)7-11(14)12(10)17-20(18,19)5-1-4-16-9-2-3-9/h6-7,9,16-17H,1-5H2. The zero-order chi connectivity index (χ0) is 14.8. The van der Waals surface area contributed by atoms with Gasteiger partial charge in [-0.25, -0.2) is 12.8 Å². The monoisotopic (exact) mass is 340 g/mol. The fraction of sp³-hybridized carbons (Fsp3) is 0.500. The van der Waals surface area contributed by atoms with Crippen molar-refractivity contribution in [3.63, 3.8) is 0 Å². The summed E-state index contributed by atoms with van der Waals surface area (Å²) in [5.74, 6) is -0.659. The lowest BCUT2D eigenvalue weighted by Crippen LogP contribution is -2.23. The number of hydrogen-bond acceptors (Lipinski definition) is 3. The summed E-state index contributed by atoms with van der Waals surface area (Å²) in [6.45, 7) is 0.649. The second-order valence-corrected chi connectivity index (χ2v) is 7.40. The Morgan fingerprint density at radius 1 is 1.25 bits per heavy atom. The quantitative estimate of drug-likeness (QED) is 0.750. The molecule has 4 nitrogen and oxygen atoms in total. The highest BCUT2D eigenvalue weighted by atomic mass is 35.5. The highest BCUT2D eigenvalue weighted by Crippen LogP contribution is 2.32. The number of sulfonamides is 1. The maximum Gasteiger partial charge on any atom is 0.232 e. The van der Waals surface area contributed by atoms with Crippen LogP contribution in [0.5, 0.6) is 0 Å². The summed E-state index contributed by atoms with van der Waals surface area (Å²) < 4.78 is 39.1. The van der Waals surface area contributed by atoms with Crippen LogP contribution in [0.15, 0.2) is 12.1 Å². The first-order valence-corrected chi connectivity index (χ1v) is 8.66. The molecule has 112 valence electrons. The molecule has 0 heterocycles. The van der Waals surface area contributed by atoms with E-state index in [1.807, 2.05) is 0 Å². The fourth-order valence-corrected chi connectivity index (χ4v) is 3.53. The summed E-state index contributed by atoms with van der Waals surface area (Å²) in [6.07, 6.45) is 2.81. The third kappa shape index (κ3) is 4.77. The van der Waals surface area contributed by atoms with E-state index >= 15 is 0 Å². The summed E-state index contributed by atoms with van der Waals surface area (Å²) in [6, 6.07) is 2.58. The maximum atomic E-state index is 13.0. The molecule has 0 radical (unpaired) electrons. The van der Waals surface area contributed by atoms with E-state index in [0.29, 0.717) is 19.0 Å². The van der Waals surface area contributed by atoms with Gasteiger partial charge in [-0.2, -0.15) is 0 Å². The molecule has 2 rings (SSSR count). The van der Waals surface area contributed by atoms with Gasteiger partial charge >= 0.3 is 0 Å². The van der Waals surface area contributed by atoms with Crippen molar-refractivity contribution in [2.24, 2.45) is 0 Å². The number of hydrogen-bond donors (Lipinski definition) is 2. The Bertz CT molecular complexity index is 568. The van der Waals surface area contributed by atoms with Gasteiger partial charge in [0.05, 0.1) is 21.5 Å². The molecular formula is C12H15Cl2FN2O2S. The lowest BCUT2D eigenvalue weighted by atomic mass is 10.3. The molecule has 2 N–H and O–H groups in total. The van der Waals surface area contributed by atoms with Gasteiger partial charge in [0.1, 0.15) is 5.82 Å². The predicted molar refractivity (Wildman–Crippen MR) is 79.5 cm³/mol. The summed E-state index contributed by atoms with van der Waals surface area (Å²) in [4.78, 5) is 0. The molecule has 8 heteroatoms. The molecule has 0 aromatic heterocycles. The minimum atomic E-state index is -3.55. The lowest BCUT2D eigenvalue weighted by molar-refractivity contribution is 0.593. The van der Waals surface area contributed by atoms with Gasteiger partial charge in [-0.15, -0.1) is 0 Å².